The van der Waals surface area contributed by atoms with E-state index in [1.54, 1.807) is 6.07 Å². The first kappa shape index (κ1) is 9.44. The van der Waals surface area contributed by atoms with Gasteiger partial charge in [0.25, 0.3) is 5.91 Å². The van der Waals surface area contributed by atoms with E-state index in [0.717, 1.165) is 9.99 Å². The van der Waals surface area contributed by atoms with Crippen LogP contribution in [0.2, 0.25) is 0 Å². The number of primary amides is 1. The van der Waals surface area contributed by atoms with Crippen LogP contribution in [0, 0.1) is 5.82 Å². The van der Waals surface area contributed by atoms with Crippen LogP contribution in [-0.4, -0.2) is 5.91 Å². The van der Waals surface area contributed by atoms with Crippen LogP contribution in [0.5, 0.6) is 0 Å². The summed E-state index contributed by atoms with van der Waals surface area (Å²) in [5.74, 6) is -1.28. The Kier molecular flexibility index (Phi) is 3.02. The van der Waals surface area contributed by atoms with Crippen molar-refractivity contribution in [3.8, 4) is 0 Å². The van der Waals surface area contributed by atoms with Gasteiger partial charge in [0.1, 0.15) is 5.82 Å². The number of halogens is 2. The largest absolute Gasteiger partial charge is 0.366 e. The number of nitrogens with two attached hydrogens (primary N) is 1. The second-order valence-corrected chi connectivity index (χ2v) is 3.07. The molecule has 1 rings (SSSR count). The zero-order valence-corrected chi connectivity index (χ0v) is 8.34. The summed E-state index contributed by atoms with van der Waals surface area (Å²) in [5.41, 5.74) is 5.81. The molecule has 0 spiro atoms. The van der Waals surface area contributed by atoms with E-state index in [-0.39, 0.29) is 5.56 Å². The van der Waals surface area contributed by atoms with Crippen molar-refractivity contribution < 1.29 is 9.18 Å². The molecular formula is C8H7FINO. The summed E-state index contributed by atoms with van der Waals surface area (Å²) in [4.78, 5) is 10.7. The van der Waals surface area contributed by atoms with Crippen LogP contribution in [0.25, 0.3) is 0 Å². The first-order valence-electron chi connectivity index (χ1n) is 3.29. The minimum atomic E-state index is -0.723. The Hall–Kier alpha value is -0.650. The molecule has 0 saturated heterocycles. The van der Waals surface area contributed by atoms with Crippen molar-refractivity contribution in [1.82, 2.24) is 0 Å². The number of amides is 1. The summed E-state index contributed by atoms with van der Waals surface area (Å²) >= 11 is 2.13. The van der Waals surface area contributed by atoms with Crippen molar-refractivity contribution in [2.75, 3.05) is 0 Å². The predicted molar refractivity (Wildman–Crippen MR) is 52.6 cm³/mol. The van der Waals surface area contributed by atoms with Crippen molar-refractivity contribution in [3.63, 3.8) is 0 Å². The van der Waals surface area contributed by atoms with Crippen LogP contribution in [0.15, 0.2) is 18.2 Å². The molecule has 1 aromatic carbocycles. The number of benzene rings is 1. The van der Waals surface area contributed by atoms with E-state index in [1.807, 2.05) is 0 Å². The minimum Gasteiger partial charge on any atom is -0.366 e. The molecule has 12 heavy (non-hydrogen) atoms. The average molecular weight is 279 g/mol. The molecule has 4 heteroatoms. The van der Waals surface area contributed by atoms with E-state index in [9.17, 15) is 9.18 Å². The van der Waals surface area contributed by atoms with E-state index >= 15 is 0 Å². The molecule has 64 valence electrons. The van der Waals surface area contributed by atoms with Gasteiger partial charge in [-0.25, -0.2) is 4.39 Å². The van der Waals surface area contributed by atoms with Crippen molar-refractivity contribution >= 4 is 28.5 Å². The summed E-state index contributed by atoms with van der Waals surface area (Å²) < 4.78 is 13.6. The minimum absolute atomic E-state index is 0.0378. The first-order valence-corrected chi connectivity index (χ1v) is 4.82. The topological polar surface area (TPSA) is 43.1 Å². The lowest BCUT2D eigenvalue weighted by Gasteiger charge is -2.00. The van der Waals surface area contributed by atoms with Crippen molar-refractivity contribution in [1.29, 1.82) is 0 Å². The molecule has 0 aliphatic heterocycles. The number of carbonyl (C=O) groups excluding carboxylic acids is 1. The maximum Gasteiger partial charge on any atom is 0.251 e. The number of hydrogen-bond acceptors (Lipinski definition) is 1. The van der Waals surface area contributed by atoms with Gasteiger partial charge in [0.15, 0.2) is 0 Å². The molecule has 0 unspecified atom stereocenters. The van der Waals surface area contributed by atoms with Crippen LogP contribution in [0.4, 0.5) is 4.39 Å². The van der Waals surface area contributed by atoms with Gasteiger partial charge in [-0.05, 0) is 17.7 Å². The Morgan fingerprint density at radius 1 is 1.58 bits per heavy atom. The fraction of sp³-hybridized carbons (Fsp3) is 0.125. The normalized spacial score (nSPS) is 9.83. The highest BCUT2D eigenvalue weighted by atomic mass is 127. The van der Waals surface area contributed by atoms with Crippen molar-refractivity contribution in [2.45, 2.75) is 4.43 Å². The molecule has 0 heterocycles. The lowest BCUT2D eigenvalue weighted by Crippen LogP contribution is -2.13. The molecule has 0 saturated carbocycles. The predicted octanol–water partition coefficient (Wildman–Crippen LogP) is 1.86. The number of rotatable bonds is 2. The van der Waals surface area contributed by atoms with Gasteiger partial charge in [-0.1, -0.05) is 28.7 Å². The van der Waals surface area contributed by atoms with Gasteiger partial charge in [-0.15, -0.1) is 0 Å². The highest BCUT2D eigenvalue weighted by Gasteiger charge is 2.07. The van der Waals surface area contributed by atoms with E-state index in [2.05, 4.69) is 22.6 Å². The highest BCUT2D eigenvalue weighted by Crippen LogP contribution is 2.12. The van der Waals surface area contributed by atoms with Gasteiger partial charge in [0.2, 0.25) is 0 Å². The van der Waals surface area contributed by atoms with Crippen LogP contribution < -0.4 is 5.73 Å². The van der Waals surface area contributed by atoms with E-state index < -0.39 is 11.7 Å². The summed E-state index contributed by atoms with van der Waals surface area (Å²) in [6.07, 6.45) is 0. The fourth-order valence-corrected chi connectivity index (χ4v) is 1.32. The summed E-state index contributed by atoms with van der Waals surface area (Å²) in [6.45, 7) is 0. The van der Waals surface area contributed by atoms with Gasteiger partial charge < -0.3 is 5.73 Å². The highest BCUT2D eigenvalue weighted by molar-refractivity contribution is 14.1. The third kappa shape index (κ3) is 1.94. The van der Waals surface area contributed by atoms with Gasteiger partial charge in [0, 0.05) is 4.43 Å². The van der Waals surface area contributed by atoms with E-state index in [0.29, 0.717) is 0 Å². The third-order valence-corrected chi connectivity index (χ3v) is 2.33. The van der Waals surface area contributed by atoms with Crippen LogP contribution in [0.1, 0.15) is 15.9 Å². The summed E-state index contributed by atoms with van der Waals surface area (Å²) in [7, 11) is 0. The molecule has 0 radical (unpaired) electrons. The van der Waals surface area contributed by atoms with Crippen LogP contribution >= 0.6 is 22.6 Å². The average Bonchev–Trinajstić information content (AvgIpc) is 2.05. The van der Waals surface area contributed by atoms with E-state index in [1.165, 1.54) is 12.1 Å². The maximum atomic E-state index is 12.9. The zero-order chi connectivity index (χ0) is 9.14. The molecule has 2 nitrogen and oxygen atoms in total. The first-order chi connectivity index (χ1) is 5.65. The molecule has 0 bridgehead atoms. The monoisotopic (exact) mass is 279 g/mol. The van der Waals surface area contributed by atoms with Crippen molar-refractivity contribution in [3.05, 3.63) is 35.1 Å². The quantitative estimate of drug-likeness (QED) is 0.651. The van der Waals surface area contributed by atoms with Crippen molar-refractivity contribution in [2.24, 2.45) is 5.73 Å². The molecule has 1 aromatic rings. The molecule has 0 atom stereocenters. The Morgan fingerprint density at radius 3 is 2.75 bits per heavy atom. The molecule has 2 N–H and O–H groups in total. The molecule has 0 aliphatic rings. The molecule has 0 fully saturated rings. The standard InChI is InChI=1S/C8H7FINO/c9-7-2-1-5(4-10)3-6(7)8(11)12/h1-3H,4H2,(H2,11,12). The fourth-order valence-electron chi connectivity index (χ4n) is 0.844. The van der Waals surface area contributed by atoms with Gasteiger partial charge in [-0.2, -0.15) is 0 Å². The zero-order valence-electron chi connectivity index (χ0n) is 6.18. The molecular weight excluding hydrogens is 272 g/mol. The van der Waals surface area contributed by atoms with E-state index in [4.69, 9.17) is 5.73 Å². The SMILES string of the molecule is NC(=O)c1cc(CI)ccc1F. The Morgan fingerprint density at radius 2 is 2.25 bits per heavy atom. The molecule has 0 aliphatic carbocycles. The Labute approximate surface area is 83.1 Å². The number of hydrogen-bond donors (Lipinski definition) is 1. The van der Waals surface area contributed by atoms with Gasteiger partial charge in [-0.3, -0.25) is 4.79 Å². The smallest absolute Gasteiger partial charge is 0.251 e. The Balaban J connectivity index is 3.17. The second kappa shape index (κ2) is 3.84. The Bertz CT molecular complexity index is 314. The lowest BCUT2D eigenvalue weighted by molar-refractivity contribution is 0.0996. The lowest BCUT2D eigenvalue weighted by atomic mass is 10.1. The van der Waals surface area contributed by atoms with Gasteiger partial charge in [0.05, 0.1) is 5.56 Å². The molecule has 1 amide bonds. The second-order valence-electron chi connectivity index (χ2n) is 2.31. The van der Waals surface area contributed by atoms with Crippen LogP contribution in [0.3, 0.4) is 0 Å². The summed E-state index contributed by atoms with van der Waals surface area (Å²) in [6, 6.07) is 4.37. The van der Waals surface area contributed by atoms with Crippen LogP contribution in [-0.2, 0) is 4.43 Å². The third-order valence-electron chi connectivity index (χ3n) is 1.45. The van der Waals surface area contributed by atoms with Gasteiger partial charge >= 0.3 is 0 Å². The number of alkyl halides is 1. The summed E-state index contributed by atoms with van der Waals surface area (Å²) in [5, 5.41) is 0. The molecule has 0 aromatic heterocycles. The maximum absolute atomic E-state index is 12.9. The number of carbonyl (C=O) groups is 1.